The number of aliphatic hydroxyl groups is 3. The number of aliphatic hydroxyl groups excluding tert-OH is 1. The van der Waals surface area contributed by atoms with Crippen molar-refractivity contribution in [2.75, 3.05) is 28.7 Å². The number of thioether (sulfide) groups is 1. The van der Waals surface area contributed by atoms with Gasteiger partial charge in [0.25, 0.3) is 0 Å². The van der Waals surface area contributed by atoms with Gasteiger partial charge in [0.1, 0.15) is 9.84 Å². The molecule has 0 aliphatic carbocycles. The summed E-state index contributed by atoms with van der Waals surface area (Å²) in [4.78, 5) is 10.3. The molecule has 4 aromatic rings. The van der Waals surface area contributed by atoms with Crippen molar-refractivity contribution >= 4 is 55.8 Å². The SMILES string of the molecule is CC(C)(O)c1cccc(C(C2CCS(=O)(=O)CC2)n2cc(N)cn2)c1.CC(C)(O)c1cccc(C(O)C2CCSCC2)c1.O=C(O)c1cccc(I)c1. The molecule has 0 bridgehead atoms. The second kappa shape index (κ2) is 18.6. The highest BCUT2D eigenvalue weighted by molar-refractivity contribution is 14.1. The van der Waals surface area contributed by atoms with Gasteiger partial charge in [-0.2, -0.15) is 16.9 Å². The molecule has 0 saturated carbocycles. The number of hydrogen-bond acceptors (Lipinski definition) is 9. The molecule has 2 saturated heterocycles. The Morgan fingerprint density at radius 1 is 0.868 bits per heavy atom. The first-order chi connectivity index (χ1) is 24.8. The Labute approximate surface area is 331 Å². The van der Waals surface area contributed by atoms with E-state index >= 15 is 0 Å². The van der Waals surface area contributed by atoms with Crippen molar-refractivity contribution in [3.8, 4) is 0 Å². The molecule has 288 valence electrons. The third-order valence-corrected chi connectivity index (χ3v) is 13.0. The van der Waals surface area contributed by atoms with Gasteiger partial charge in [-0.15, -0.1) is 0 Å². The molecule has 0 amide bonds. The van der Waals surface area contributed by atoms with E-state index in [-0.39, 0.29) is 23.5 Å². The second-order valence-corrected chi connectivity index (χ2v) is 19.5. The van der Waals surface area contributed by atoms with Crippen LogP contribution in [0.1, 0.15) is 98.1 Å². The first-order valence-electron chi connectivity index (χ1n) is 17.7. The van der Waals surface area contributed by atoms with Crippen LogP contribution in [0.2, 0.25) is 0 Å². The molecule has 3 heterocycles. The number of benzene rings is 3. The van der Waals surface area contributed by atoms with E-state index in [1.807, 2.05) is 71.0 Å². The maximum absolute atomic E-state index is 11.8. The Balaban J connectivity index is 0.000000195. The van der Waals surface area contributed by atoms with Gasteiger partial charge < -0.3 is 26.2 Å². The van der Waals surface area contributed by atoms with Crippen molar-refractivity contribution in [2.24, 2.45) is 11.8 Å². The quantitative estimate of drug-likeness (QED) is 0.114. The fourth-order valence-corrected chi connectivity index (χ4v) is 9.72. The molecule has 13 heteroatoms. The number of nitrogen functional groups attached to an aromatic ring is 1. The Bertz CT molecular complexity index is 1900. The molecule has 6 N–H and O–H groups in total. The van der Waals surface area contributed by atoms with Crippen molar-refractivity contribution in [1.82, 2.24) is 9.78 Å². The van der Waals surface area contributed by atoms with Crippen LogP contribution >= 0.6 is 34.4 Å². The molecular formula is C40H52IN3O7S2. The van der Waals surface area contributed by atoms with Crippen LogP contribution in [0.4, 0.5) is 5.69 Å². The molecule has 2 fully saturated rings. The smallest absolute Gasteiger partial charge is 0.335 e. The van der Waals surface area contributed by atoms with Crippen LogP contribution in [0.5, 0.6) is 0 Å². The topological polar surface area (TPSA) is 176 Å². The minimum atomic E-state index is -2.93. The van der Waals surface area contributed by atoms with Gasteiger partial charge >= 0.3 is 5.97 Å². The number of aromatic carboxylic acids is 1. The second-order valence-electron chi connectivity index (χ2n) is 14.8. The highest BCUT2D eigenvalue weighted by Gasteiger charge is 2.33. The lowest BCUT2D eigenvalue weighted by Crippen LogP contribution is -2.31. The zero-order chi connectivity index (χ0) is 39.0. The normalized spacial score (nSPS) is 17.7. The van der Waals surface area contributed by atoms with Crippen molar-refractivity contribution in [3.05, 3.63) is 117 Å². The third kappa shape index (κ3) is 12.8. The molecule has 2 aliphatic rings. The molecule has 1 aromatic heterocycles. The first-order valence-corrected chi connectivity index (χ1v) is 21.8. The van der Waals surface area contributed by atoms with E-state index in [0.29, 0.717) is 30.0 Å². The molecule has 53 heavy (non-hydrogen) atoms. The average molecular weight is 878 g/mol. The molecule has 0 radical (unpaired) electrons. The van der Waals surface area contributed by atoms with Crippen LogP contribution in [-0.4, -0.2) is 67.6 Å². The number of sulfone groups is 1. The van der Waals surface area contributed by atoms with Crippen LogP contribution in [0.15, 0.2) is 85.2 Å². The zero-order valence-electron chi connectivity index (χ0n) is 30.7. The summed E-state index contributed by atoms with van der Waals surface area (Å²) < 4.78 is 26.4. The van der Waals surface area contributed by atoms with Gasteiger partial charge in [-0.3, -0.25) is 4.68 Å². The molecule has 0 spiro atoms. The van der Waals surface area contributed by atoms with Crippen LogP contribution in [-0.2, 0) is 21.0 Å². The van der Waals surface area contributed by atoms with Gasteiger partial charge in [0.15, 0.2) is 0 Å². The summed E-state index contributed by atoms with van der Waals surface area (Å²) in [6.07, 6.45) is 6.35. The number of nitrogens with two attached hydrogens (primary N) is 1. The number of carboxylic acids is 1. The maximum Gasteiger partial charge on any atom is 0.335 e. The van der Waals surface area contributed by atoms with E-state index < -0.39 is 33.1 Å². The maximum atomic E-state index is 11.8. The molecule has 2 unspecified atom stereocenters. The summed E-state index contributed by atoms with van der Waals surface area (Å²) in [5, 5.41) is 43.7. The summed E-state index contributed by atoms with van der Waals surface area (Å²) in [5.41, 5.74) is 8.60. The lowest BCUT2D eigenvalue weighted by Gasteiger charge is -2.31. The number of nitrogens with zero attached hydrogens (tertiary/aromatic N) is 2. The molecule has 2 aliphatic heterocycles. The molecule has 3 aromatic carbocycles. The van der Waals surface area contributed by atoms with Gasteiger partial charge in [-0.25, -0.2) is 13.2 Å². The van der Waals surface area contributed by atoms with Gasteiger partial charge in [0.2, 0.25) is 0 Å². The Hall–Kier alpha value is -2.95. The highest BCUT2D eigenvalue weighted by atomic mass is 127. The van der Waals surface area contributed by atoms with Gasteiger partial charge in [0, 0.05) is 9.77 Å². The molecular weight excluding hydrogens is 825 g/mol. The van der Waals surface area contributed by atoms with E-state index in [4.69, 9.17) is 10.8 Å². The predicted octanol–water partition coefficient (Wildman–Crippen LogP) is 7.19. The van der Waals surface area contributed by atoms with Crippen molar-refractivity contribution in [1.29, 1.82) is 0 Å². The van der Waals surface area contributed by atoms with Crippen molar-refractivity contribution < 1.29 is 33.6 Å². The minimum absolute atomic E-state index is 0.102. The van der Waals surface area contributed by atoms with E-state index in [0.717, 1.165) is 50.2 Å². The fraction of sp³-hybridized carbons (Fsp3) is 0.450. The summed E-state index contributed by atoms with van der Waals surface area (Å²) in [7, 11) is -2.93. The third-order valence-electron chi connectivity index (χ3n) is 9.61. The molecule has 6 rings (SSSR count). The van der Waals surface area contributed by atoms with Gasteiger partial charge in [0.05, 0.1) is 52.3 Å². The summed E-state index contributed by atoms with van der Waals surface area (Å²) >= 11 is 4.04. The van der Waals surface area contributed by atoms with Crippen LogP contribution in [0.3, 0.4) is 0 Å². The molecule has 2 atom stereocenters. The lowest BCUT2D eigenvalue weighted by molar-refractivity contribution is 0.0695. The number of anilines is 1. The summed E-state index contributed by atoms with van der Waals surface area (Å²) in [5.74, 6) is 2.34. The minimum Gasteiger partial charge on any atom is -0.478 e. The van der Waals surface area contributed by atoms with E-state index in [2.05, 4.69) is 27.7 Å². The molecule has 10 nitrogen and oxygen atoms in total. The largest absolute Gasteiger partial charge is 0.478 e. The van der Waals surface area contributed by atoms with E-state index in [1.54, 1.807) is 58.3 Å². The number of aromatic nitrogens is 2. The number of rotatable bonds is 8. The lowest BCUT2D eigenvalue weighted by atomic mass is 9.86. The number of halogens is 1. The van der Waals surface area contributed by atoms with Gasteiger partial charge in [-0.05, 0) is 140 Å². The highest BCUT2D eigenvalue weighted by Crippen LogP contribution is 2.37. The zero-order valence-corrected chi connectivity index (χ0v) is 34.5. The number of carbonyl (C=O) groups is 1. The summed E-state index contributed by atoms with van der Waals surface area (Å²) in [6, 6.07) is 22.2. The van der Waals surface area contributed by atoms with Crippen molar-refractivity contribution in [2.45, 2.75) is 76.7 Å². The van der Waals surface area contributed by atoms with Crippen LogP contribution < -0.4 is 5.73 Å². The van der Waals surface area contributed by atoms with Crippen molar-refractivity contribution in [3.63, 3.8) is 0 Å². The number of carboxylic acid groups (broad SMARTS) is 1. The Morgan fingerprint density at radius 2 is 1.42 bits per heavy atom. The van der Waals surface area contributed by atoms with Crippen LogP contribution in [0, 0.1) is 15.4 Å². The number of hydrogen-bond donors (Lipinski definition) is 5. The fourth-order valence-electron chi connectivity index (χ4n) is 6.50. The average Bonchev–Trinajstić information content (AvgIpc) is 3.54. The predicted molar refractivity (Wildman–Crippen MR) is 221 cm³/mol. The van der Waals surface area contributed by atoms with Crippen LogP contribution in [0.25, 0.3) is 0 Å². The first kappa shape index (κ1) is 42.8. The Morgan fingerprint density at radius 3 is 1.91 bits per heavy atom. The summed E-state index contributed by atoms with van der Waals surface area (Å²) in [6.45, 7) is 7.05. The Kier molecular flexibility index (Phi) is 15.0. The van der Waals surface area contributed by atoms with Gasteiger partial charge in [-0.1, -0.05) is 54.6 Å². The van der Waals surface area contributed by atoms with E-state index in [1.165, 1.54) is 0 Å². The van der Waals surface area contributed by atoms with E-state index in [9.17, 15) is 28.5 Å². The standard InChI is InChI=1S/C18H25N3O3S.C15H22O2S.C7H5IO2/c1-18(2,22)15-5-3-4-14(10-15)17(21-12-16(19)11-20-21)13-6-8-25(23,24)9-7-13;1-15(2,17)13-5-3-4-12(10-13)14(16)11-6-8-18-9-7-11;8-6-3-1-2-5(4-6)7(9)10/h3-5,10-13,17,22H,6-9,19H2,1-2H3;3-5,10-11,14,16-17H,6-9H2,1-2H3;1-4H,(H,9,10). The monoisotopic (exact) mass is 877 g/mol.